The van der Waals surface area contributed by atoms with Crippen LogP contribution in [0.4, 0.5) is 0 Å². The Morgan fingerprint density at radius 3 is 2.71 bits per heavy atom. The number of hydrogen-bond donors (Lipinski definition) is 0. The first-order valence-corrected chi connectivity index (χ1v) is 7.56. The predicted octanol–water partition coefficient (Wildman–Crippen LogP) is 2.75. The van der Waals surface area contributed by atoms with Crippen LogP contribution in [-0.2, 0) is 17.6 Å². The number of nitrogens with zero attached hydrogens (tertiary/aromatic N) is 4. The normalized spacial score (nSPS) is 11.3. The Kier molecular flexibility index (Phi) is 5.44. The molecule has 114 valence electrons. The first-order valence-electron chi connectivity index (χ1n) is 7.56. The van der Waals surface area contributed by atoms with Crippen LogP contribution in [0.5, 0.6) is 0 Å². The van der Waals surface area contributed by atoms with Gasteiger partial charge in [-0.2, -0.15) is 4.68 Å². The highest BCUT2D eigenvalue weighted by molar-refractivity contribution is 5.24. The summed E-state index contributed by atoms with van der Waals surface area (Å²) < 4.78 is 7.29. The smallest absolute Gasteiger partial charge is 0.155 e. The van der Waals surface area contributed by atoms with Gasteiger partial charge in [0.2, 0.25) is 0 Å². The maximum atomic E-state index is 5.44. The number of hydrogen-bond acceptors (Lipinski definition) is 4. The van der Waals surface area contributed by atoms with E-state index in [9.17, 15) is 0 Å². The molecule has 2 rings (SSSR count). The summed E-state index contributed by atoms with van der Waals surface area (Å²) in [7, 11) is 0. The van der Waals surface area contributed by atoms with Crippen LogP contribution in [0.1, 0.15) is 38.1 Å². The Bertz CT molecular complexity index is 577. The third kappa shape index (κ3) is 4.36. The summed E-state index contributed by atoms with van der Waals surface area (Å²) in [4.78, 5) is 9.20. The second-order valence-corrected chi connectivity index (χ2v) is 5.54. The highest BCUT2D eigenvalue weighted by Gasteiger charge is 2.13. The number of ether oxygens (including phenoxy) is 1. The zero-order valence-corrected chi connectivity index (χ0v) is 13.3. The molecule has 2 heterocycles. The topological polar surface area (TPSA) is 52.8 Å². The molecule has 0 saturated heterocycles. The fraction of sp³-hybridized carbons (Fsp3) is 0.562. The van der Waals surface area contributed by atoms with Crippen molar-refractivity contribution in [2.45, 2.75) is 40.5 Å². The second kappa shape index (κ2) is 7.31. The molecule has 0 unspecified atom stereocenters. The van der Waals surface area contributed by atoms with Crippen molar-refractivity contribution in [3.63, 3.8) is 0 Å². The number of pyridine rings is 1. The summed E-state index contributed by atoms with van der Waals surface area (Å²) in [5.41, 5.74) is 0.976. The molecular weight excluding hydrogens is 264 g/mol. The summed E-state index contributed by atoms with van der Waals surface area (Å²) in [5.74, 6) is 3.15. The van der Waals surface area contributed by atoms with Gasteiger partial charge in [-0.25, -0.2) is 9.97 Å². The highest BCUT2D eigenvalue weighted by Crippen LogP contribution is 2.12. The molecule has 0 atom stereocenters. The molecule has 5 heteroatoms. The molecule has 0 saturated carbocycles. The van der Waals surface area contributed by atoms with Gasteiger partial charge in [0.05, 0.1) is 6.61 Å². The molecule has 21 heavy (non-hydrogen) atoms. The lowest BCUT2D eigenvalue weighted by Gasteiger charge is -2.05. The molecule has 0 radical (unpaired) electrons. The Hall–Kier alpha value is -1.75. The molecular formula is C16H24N4O. The average Bonchev–Trinajstić information content (AvgIpc) is 2.81. The molecule has 5 nitrogen and oxygen atoms in total. The van der Waals surface area contributed by atoms with Crippen molar-refractivity contribution in [2.75, 3.05) is 13.2 Å². The van der Waals surface area contributed by atoms with Gasteiger partial charge in [0.25, 0.3) is 0 Å². The predicted molar refractivity (Wildman–Crippen MR) is 82.6 cm³/mol. The molecule has 0 bridgehead atoms. The minimum absolute atomic E-state index is 0.533. The van der Waals surface area contributed by atoms with Crippen molar-refractivity contribution in [1.82, 2.24) is 19.7 Å². The van der Waals surface area contributed by atoms with E-state index in [0.717, 1.165) is 42.6 Å². The molecule has 0 N–H and O–H groups in total. The van der Waals surface area contributed by atoms with Crippen molar-refractivity contribution in [1.29, 1.82) is 0 Å². The van der Waals surface area contributed by atoms with Crippen LogP contribution in [0.25, 0.3) is 5.82 Å². The van der Waals surface area contributed by atoms with Gasteiger partial charge in [0.1, 0.15) is 5.82 Å². The fourth-order valence-electron chi connectivity index (χ4n) is 2.14. The summed E-state index contributed by atoms with van der Waals surface area (Å²) in [6, 6.07) is 5.94. The SMILES string of the molecule is CCOCCc1nc(CC(C)C)nn1-c1cccc(C)n1. The van der Waals surface area contributed by atoms with Gasteiger partial charge in [-0.3, -0.25) is 0 Å². The lowest BCUT2D eigenvalue weighted by Crippen LogP contribution is -2.09. The summed E-state index contributed by atoms with van der Waals surface area (Å²) in [6.45, 7) is 9.70. The van der Waals surface area contributed by atoms with Crippen molar-refractivity contribution in [3.8, 4) is 5.82 Å². The number of aryl methyl sites for hydroxylation is 1. The van der Waals surface area contributed by atoms with Crippen LogP contribution in [0, 0.1) is 12.8 Å². The molecule has 0 fully saturated rings. The van der Waals surface area contributed by atoms with Gasteiger partial charge in [0.15, 0.2) is 11.6 Å². The van der Waals surface area contributed by atoms with Crippen molar-refractivity contribution < 1.29 is 4.74 Å². The molecule has 0 amide bonds. The largest absolute Gasteiger partial charge is 0.381 e. The molecule has 0 aliphatic rings. The van der Waals surface area contributed by atoms with E-state index in [1.165, 1.54) is 0 Å². The van der Waals surface area contributed by atoms with Gasteiger partial charge in [-0.15, -0.1) is 5.10 Å². The fourth-order valence-corrected chi connectivity index (χ4v) is 2.14. The zero-order valence-electron chi connectivity index (χ0n) is 13.3. The maximum absolute atomic E-state index is 5.44. The van der Waals surface area contributed by atoms with Gasteiger partial charge >= 0.3 is 0 Å². The van der Waals surface area contributed by atoms with E-state index >= 15 is 0 Å². The Labute approximate surface area is 126 Å². The average molecular weight is 288 g/mol. The highest BCUT2D eigenvalue weighted by atomic mass is 16.5. The first-order chi connectivity index (χ1) is 10.1. The summed E-state index contributed by atoms with van der Waals surface area (Å²) in [6.07, 6.45) is 1.62. The Morgan fingerprint density at radius 2 is 2.05 bits per heavy atom. The lowest BCUT2D eigenvalue weighted by molar-refractivity contribution is 0.149. The molecule has 2 aromatic heterocycles. The van der Waals surface area contributed by atoms with Crippen LogP contribution in [0.3, 0.4) is 0 Å². The van der Waals surface area contributed by atoms with E-state index in [0.29, 0.717) is 12.5 Å². The quantitative estimate of drug-likeness (QED) is 0.735. The van der Waals surface area contributed by atoms with E-state index in [2.05, 4.69) is 28.9 Å². The van der Waals surface area contributed by atoms with Crippen molar-refractivity contribution in [2.24, 2.45) is 5.92 Å². The van der Waals surface area contributed by atoms with E-state index in [1.54, 1.807) is 0 Å². The van der Waals surface area contributed by atoms with Crippen LogP contribution in [-0.4, -0.2) is 33.0 Å². The minimum atomic E-state index is 0.533. The van der Waals surface area contributed by atoms with E-state index in [-0.39, 0.29) is 0 Å². The van der Waals surface area contributed by atoms with E-state index in [4.69, 9.17) is 4.74 Å². The lowest BCUT2D eigenvalue weighted by atomic mass is 10.1. The van der Waals surface area contributed by atoms with Gasteiger partial charge < -0.3 is 4.74 Å². The van der Waals surface area contributed by atoms with Crippen LogP contribution < -0.4 is 0 Å². The van der Waals surface area contributed by atoms with Crippen LogP contribution in [0.15, 0.2) is 18.2 Å². The molecule has 0 aliphatic heterocycles. The monoisotopic (exact) mass is 288 g/mol. The zero-order chi connectivity index (χ0) is 15.2. The van der Waals surface area contributed by atoms with E-state index < -0.39 is 0 Å². The summed E-state index contributed by atoms with van der Waals surface area (Å²) in [5, 5.41) is 4.63. The molecule has 0 aliphatic carbocycles. The van der Waals surface area contributed by atoms with E-state index in [1.807, 2.05) is 36.7 Å². The van der Waals surface area contributed by atoms with Gasteiger partial charge in [-0.05, 0) is 31.9 Å². The Balaban J connectivity index is 2.29. The van der Waals surface area contributed by atoms with Crippen LogP contribution >= 0.6 is 0 Å². The van der Waals surface area contributed by atoms with Gasteiger partial charge in [-0.1, -0.05) is 19.9 Å². The standard InChI is InChI=1S/C16H24N4O/c1-5-21-10-9-16-18-14(11-12(2)3)19-20(16)15-8-6-7-13(4)17-15/h6-8,12H,5,9-11H2,1-4H3. The number of aromatic nitrogens is 4. The molecule has 0 aromatic carbocycles. The van der Waals surface area contributed by atoms with Crippen LogP contribution in [0.2, 0.25) is 0 Å². The third-order valence-corrected chi connectivity index (χ3v) is 3.07. The van der Waals surface area contributed by atoms with Gasteiger partial charge in [0, 0.05) is 25.1 Å². The molecule has 0 spiro atoms. The molecule has 2 aromatic rings. The Morgan fingerprint density at radius 1 is 1.24 bits per heavy atom. The minimum Gasteiger partial charge on any atom is -0.381 e. The first kappa shape index (κ1) is 15.6. The van der Waals surface area contributed by atoms with Crippen molar-refractivity contribution >= 4 is 0 Å². The maximum Gasteiger partial charge on any atom is 0.155 e. The number of rotatable bonds is 7. The summed E-state index contributed by atoms with van der Waals surface area (Å²) >= 11 is 0. The van der Waals surface area contributed by atoms with Crippen molar-refractivity contribution in [3.05, 3.63) is 35.5 Å². The second-order valence-electron chi connectivity index (χ2n) is 5.54. The third-order valence-electron chi connectivity index (χ3n) is 3.07.